The molecule has 0 saturated carbocycles. The molecule has 1 aliphatic heterocycles. The molecule has 0 N–H and O–H groups in total. The van der Waals surface area contributed by atoms with E-state index in [0.717, 1.165) is 13.0 Å². The predicted octanol–water partition coefficient (Wildman–Crippen LogP) is 3.39. The van der Waals surface area contributed by atoms with Gasteiger partial charge in [0.15, 0.2) is 0 Å². The van der Waals surface area contributed by atoms with E-state index in [0.29, 0.717) is 6.73 Å². The number of carbonyl (C=O) groups excluding carboxylic acids is 1. The van der Waals surface area contributed by atoms with Gasteiger partial charge in [-0.1, -0.05) is 88.4 Å². The molecule has 1 amide bonds. The van der Waals surface area contributed by atoms with Crippen LogP contribution in [0.15, 0.2) is 60.7 Å². The van der Waals surface area contributed by atoms with Crippen molar-refractivity contribution >= 4 is 24.6 Å². The molecule has 1 heterocycles. The van der Waals surface area contributed by atoms with E-state index in [9.17, 15) is 4.79 Å². The van der Waals surface area contributed by atoms with Gasteiger partial charge in [0.25, 0.3) is 8.32 Å². The molecule has 1 fully saturated rings. The van der Waals surface area contributed by atoms with E-state index in [1.54, 1.807) is 0 Å². The van der Waals surface area contributed by atoms with Crippen LogP contribution >= 0.6 is 0 Å². The molecule has 0 bridgehead atoms. The van der Waals surface area contributed by atoms with Crippen molar-refractivity contribution in [3.63, 3.8) is 0 Å². The van der Waals surface area contributed by atoms with Gasteiger partial charge >= 0.3 is 0 Å². The fraction of sp³-hybridized carbons (Fsp3) is 0.409. The Labute approximate surface area is 158 Å². The van der Waals surface area contributed by atoms with Crippen LogP contribution in [0.2, 0.25) is 5.04 Å². The molecule has 138 valence electrons. The first-order valence-corrected chi connectivity index (χ1v) is 11.3. The van der Waals surface area contributed by atoms with E-state index in [-0.39, 0.29) is 16.9 Å². The highest BCUT2D eigenvalue weighted by molar-refractivity contribution is 6.99. The molecule has 1 atom stereocenters. The van der Waals surface area contributed by atoms with E-state index in [1.165, 1.54) is 10.4 Å². The van der Waals surface area contributed by atoms with Crippen LogP contribution in [0.1, 0.15) is 34.1 Å². The zero-order chi connectivity index (χ0) is 18.8. The maximum absolute atomic E-state index is 12.4. The highest BCUT2D eigenvalue weighted by Crippen LogP contribution is 2.37. The average Bonchev–Trinajstić information content (AvgIpc) is 2.95. The van der Waals surface area contributed by atoms with E-state index in [4.69, 9.17) is 4.43 Å². The standard InChI is InChI=1S/C22H29NO2Si/c1-18-15-16-23(21(18)24)17-25-26(22(2,3)4,19-11-7-5-8-12-19)20-13-9-6-10-14-20/h5-14,18H,15-17H2,1-4H3. The number of amides is 1. The van der Waals surface area contributed by atoms with E-state index in [2.05, 4.69) is 69.3 Å². The second kappa shape index (κ2) is 7.37. The fourth-order valence-electron chi connectivity index (χ4n) is 3.96. The SMILES string of the molecule is CC1CCN(CO[Si](c2ccccc2)(c2ccccc2)C(C)(C)C)C1=O. The maximum atomic E-state index is 12.4. The summed E-state index contributed by atoms with van der Waals surface area (Å²) in [6.45, 7) is 9.94. The highest BCUT2D eigenvalue weighted by atomic mass is 28.4. The number of nitrogens with zero attached hydrogens (tertiary/aromatic N) is 1. The van der Waals surface area contributed by atoms with Crippen LogP contribution in [0.4, 0.5) is 0 Å². The van der Waals surface area contributed by atoms with Crippen LogP contribution in [-0.4, -0.2) is 32.4 Å². The lowest BCUT2D eigenvalue weighted by atomic mass is 10.1. The van der Waals surface area contributed by atoms with Crippen molar-refractivity contribution in [1.82, 2.24) is 4.90 Å². The lowest BCUT2D eigenvalue weighted by Crippen LogP contribution is -2.67. The molecule has 0 aromatic heterocycles. The van der Waals surface area contributed by atoms with Crippen LogP contribution < -0.4 is 10.4 Å². The van der Waals surface area contributed by atoms with Crippen LogP contribution in [0.3, 0.4) is 0 Å². The quantitative estimate of drug-likeness (QED) is 0.758. The van der Waals surface area contributed by atoms with Gasteiger partial charge < -0.3 is 9.33 Å². The minimum atomic E-state index is -2.56. The first kappa shape index (κ1) is 18.9. The van der Waals surface area contributed by atoms with Gasteiger partial charge in [-0.25, -0.2) is 0 Å². The molecule has 0 spiro atoms. The summed E-state index contributed by atoms with van der Waals surface area (Å²) in [5.41, 5.74) is 0. The third-order valence-corrected chi connectivity index (χ3v) is 10.4. The molecule has 1 unspecified atom stereocenters. The molecular formula is C22H29NO2Si. The lowest BCUT2D eigenvalue weighted by Gasteiger charge is -2.43. The molecule has 0 radical (unpaired) electrons. The van der Waals surface area contributed by atoms with Crippen LogP contribution in [0, 0.1) is 5.92 Å². The van der Waals surface area contributed by atoms with Gasteiger partial charge in [-0.15, -0.1) is 0 Å². The van der Waals surface area contributed by atoms with Gasteiger partial charge in [0.2, 0.25) is 5.91 Å². The summed E-state index contributed by atoms with van der Waals surface area (Å²) in [5, 5.41) is 2.43. The molecule has 3 nitrogen and oxygen atoms in total. The van der Waals surface area contributed by atoms with Gasteiger partial charge in [-0.2, -0.15) is 0 Å². The zero-order valence-corrected chi connectivity index (χ0v) is 17.2. The number of carbonyl (C=O) groups is 1. The van der Waals surface area contributed by atoms with Crippen molar-refractivity contribution in [2.75, 3.05) is 13.3 Å². The number of benzene rings is 2. The van der Waals surface area contributed by atoms with Crippen molar-refractivity contribution in [2.24, 2.45) is 5.92 Å². The van der Waals surface area contributed by atoms with Crippen LogP contribution in [0.25, 0.3) is 0 Å². The van der Waals surface area contributed by atoms with Gasteiger partial charge in [-0.3, -0.25) is 4.79 Å². The average molecular weight is 368 g/mol. The predicted molar refractivity (Wildman–Crippen MR) is 109 cm³/mol. The maximum Gasteiger partial charge on any atom is 0.263 e. The molecule has 2 aromatic rings. The molecule has 1 aliphatic rings. The number of rotatable bonds is 5. The number of hydrogen-bond donors (Lipinski definition) is 0. The Hall–Kier alpha value is -1.91. The van der Waals surface area contributed by atoms with E-state index in [1.807, 2.05) is 24.0 Å². The first-order valence-electron chi connectivity index (χ1n) is 9.40. The summed E-state index contributed by atoms with van der Waals surface area (Å²) < 4.78 is 6.81. The second-order valence-electron chi connectivity index (χ2n) is 8.23. The summed E-state index contributed by atoms with van der Waals surface area (Å²) in [5.74, 6) is 0.320. The molecule has 2 aromatic carbocycles. The third kappa shape index (κ3) is 3.36. The summed E-state index contributed by atoms with van der Waals surface area (Å²) in [4.78, 5) is 14.3. The minimum absolute atomic E-state index is 0.0654. The largest absolute Gasteiger partial charge is 0.390 e. The Balaban J connectivity index is 2.04. The van der Waals surface area contributed by atoms with E-state index >= 15 is 0 Å². The Kier molecular flexibility index (Phi) is 5.35. The molecule has 26 heavy (non-hydrogen) atoms. The minimum Gasteiger partial charge on any atom is -0.390 e. The Bertz CT molecular complexity index is 700. The monoisotopic (exact) mass is 367 g/mol. The fourth-order valence-corrected chi connectivity index (χ4v) is 8.46. The first-order chi connectivity index (χ1) is 12.4. The normalized spacial score (nSPS) is 18.4. The smallest absolute Gasteiger partial charge is 0.263 e. The summed E-state index contributed by atoms with van der Waals surface area (Å²) in [7, 11) is -2.56. The molecule has 4 heteroatoms. The van der Waals surface area contributed by atoms with Crippen molar-refractivity contribution < 1.29 is 9.22 Å². The van der Waals surface area contributed by atoms with Gasteiger partial charge in [0.05, 0.1) is 0 Å². The van der Waals surface area contributed by atoms with Crippen molar-refractivity contribution in [1.29, 1.82) is 0 Å². The van der Waals surface area contributed by atoms with Crippen molar-refractivity contribution in [2.45, 2.75) is 39.2 Å². The molecule has 1 saturated heterocycles. The molecule has 3 rings (SSSR count). The number of hydrogen-bond acceptors (Lipinski definition) is 2. The van der Waals surface area contributed by atoms with Gasteiger partial charge in [0.1, 0.15) is 6.73 Å². The number of likely N-dealkylation sites (tertiary alicyclic amines) is 1. The third-order valence-electron chi connectivity index (χ3n) is 5.42. The van der Waals surface area contributed by atoms with Gasteiger partial charge in [0, 0.05) is 12.5 Å². The van der Waals surface area contributed by atoms with Crippen molar-refractivity contribution in [3.8, 4) is 0 Å². The summed E-state index contributed by atoms with van der Waals surface area (Å²) >= 11 is 0. The second-order valence-corrected chi connectivity index (χ2v) is 12.5. The van der Waals surface area contributed by atoms with Gasteiger partial charge in [-0.05, 0) is 21.8 Å². The van der Waals surface area contributed by atoms with Crippen molar-refractivity contribution in [3.05, 3.63) is 60.7 Å². The molecular weight excluding hydrogens is 338 g/mol. The molecule has 0 aliphatic carbocycles. The van der Waals surface area contributed by atoms with Crippen LogP contribution in [0.5, 0.6) is 0 Å². The Morgan fingerprint density at radius 3 is 1.88 bits per heavy atom. The zero-order valence-electron chi connectivity index (χ0n) is 16.2. The Morgan fingerprint density at radius 2 is 1.50 bits per heavy atom. The summed E-state index contributed by atoms with van der Waals surface area (Å²) in [6.07, 6.45) is 0.920. The summed E-state index contributed by atoms with van der Waals surface area (Å²) in [6, 6.07) is 21.1. The van der Waals surface area contributed by atoms with E-state index < -0.39 is 8.32 Å². The lowest BCUT2D eigenvalue weighted by molar-refractivity contribution is -0.133. The highest BCUT2D eigenvalue weighted by Gasteiger charge is 2.50. The Morgan fingerprint density at radius 1 is 1.00 bits per heavy atom. The van der Waals surface area contributed by atoms with Crippen LogP contribution in [-0.2, 0) is 9.22 Å². The topological polar surface area (TPSA) is 29.5 Å².